The number of benzene rings is 2. The Kier molecular flexibility index (Phi) is 6.39. The normalized spacial score (nSPS) is 13.8. The highest BCUT2D eigenvalue weighted by Gasteiger charge is 2.17. The topological polar surface area (TPSA) is 88.5 Å². The molecule has 33 heavy (non-hydrogen) atoms. The van der Waals surface area contributed by atoms with Crippen LogP contribution in [0.4, 0.5) is 5.82 Å². The number of aromatic nitrogens is 2. The smallest absolute Gasteiger partial charge is 0.163 e. The van der Waals surface area contributed by atoms with Crippen molar-refractivity contribution in [1.29, 1.82) is 0 Å². The Balaban J connectivity index is 1.38. The summed E-state index contributed by atoms with van der Waals surface area (Å²) in [5.74, 6) is 2.22. The van der Waals surface area contributed by atoms with Gasteiger partial charge in [0.25, 0.3) is 0 Å². The zero-order valence-electron chi connectivity index (χ0n) is 18.4. The van der Waals surface area contributed by atoms with Crippen LogP contribution >= 0.6 is 11.3 Å². The summed E-state index contributed by atoms with van der Waals surface area (Å²) in [6.07, 6.45) is 1.57. The Morgan fingerprint density at radius 3 is 2.76 bits per heavy atom. The molecule has 0 fully saturated rings. The molecule has 170 valence electrons. The van der Waals surface area contributed by atoms with Gasteiger partial charge in [-0.25, -0.2) is 9.97 Å². The number of ether oxygens (including phenoxy) is 2. The van der Waals surface area contributed by atoms with Crippen LogP contribution in [0.25, 0.3) is 22.0 Å². The van der Waals surface area contributed by atoms with Crippen LogP contribution in [-0.2, 0) is 6.54 Å². The number of aliphatic hydroxyl groups excluding tert-OH is 1. The van der Waals surface area contributed by atoms with Gasteiger partial charge in [0.1, 0.15) is 25.4 Å². The van der Waals surface area contributed by atoms with E-state index in [1.54, 1.807) is 17.7 Å². The molecule has 1 atom stereocenters. The second-order valence-corrected chi connectivity index (χ2v) is 8.84. The molecule has 2 aromatic carbocycles. The predicted molar refractivity (Wildman–Crippen MR) is 131 cm³/mol. The van der Waals surface area contributed by atoms with Gasteiger partial charge in [0, 0.05) is 29.4 Å². The van der Waals surface area contributed by atoms with Crippen molar-refractivity contribution in [3.05, 3.63) is 64.6 Å². The molecule has 0 bridgehead atoms. The number of rotatable bonds is 8. The molecule has 7 nitrogen and oxygen atoms in total. The van der Waals surface area contributed by atoms with Crippen LogP contribution in [0.1, 0.15) is 23.4 Å². The minimum atomic E-state index is 0.0646. The van der Waals surface area contributed by atoms with E-state index in [0.717, 1.165) is 34.8 Å². The van der Waals surface area contributed by atoms with Gasteiger partial charge < -0.3 is 25.2 Å². The van der Waals surface area contributed by atoms with E-state index in [0.29, 0.717) is 19.8 Å². The van der Waals surface area contributed by atoms with E-state index >= 15 is 0 Å². The lowest BCUT2D eigenvalue weighted by molar-refractivity contribution is 0.172. The highest BCUT2D eigenvalue weighted by Crippen LogP contribution is 2.37. The van der Waals surface area contributed by atoms with E-state index in [9.17, 15) is 0 Å². The Bertz CT molecular complexity index is 1260. The summed E-state index contributed by atoms with van der Waals surface area (Å²) >= 11 is 1.73. The van der Waals surface area contributed by atoms with Gasteiger partial charge in [-0.2, -0.15) is 0 Å². The summed E-state index contributed by atoms with van der Waals surface area (Å²) in [6, 6.07) is 14.5. The van der Waals surface area contributed by atoms with Gasteiger partial charge in [-0.1, -0.05) is 24.3 Å². The van der Waals surface area contributed by atoms with Crippen molar-refractivity contribution in [2.24, 2.45) is 0 Å². The van der Waals surface area contributed by atoms with E-state index < -0.39 is 0 Å². The third-order valence-electron chi connectivity index (χ3n) is 5.63. The van der Waals surface area contributed by atoms with E-state index in [-0.39, 0.29) is 12.6 Å². The molecule has 3 heterocycles. The van der Waals surface area contributed by atoms with Crippen molar-refractivity contribution in [1.82, 2.24) is 15.3 Å². The fourth-order valence-corrected chi connectivity index (χ4v) is 4.88. The molecule has 0 aliphatic carbocycles. The lowest BCUT2D eigenvalue weighted by atomic mass is 10.0. The first-order valence-electron chi connectivity index (χ1n) is 11.0. The molecule has 8 heteroatoms. The maximum absolute atomic E-state index is 9.05. The van der Waals surface area contributed by atoms with Crippen molar-refractivity contribution in [3.8, 4) is 22.6 Å². The third-order valence-corrected chi connectivity index (χ3v) is 6.75. The summed E-state index contributed by atoms with van der Waals surface area (Å²) in [5.41, 5.74) is 4.43. The van der Waals surface area contributed by atoms with Gasteiger partial charge in [0.15, 0.2) is 11.5 Å². The average molecular weight is 463 g/mol. The molecule has 0 radical (unpaired) electrons. The molecule has 1 unspecified atom stereocenters. The van der Waals surface area contributed by atoms with Gasteiger partial charge in [0.2, 0.25) is 0 Å². The van der Waals surface area contributed by atoms with Crippen molar-refractivity contribution in [2.45, 2.75) is 19.5 Å². The molecule has 0 spiro atoms. The summed E-state index contributed by atoms with van der Waals surface area (Å²) in [4.78, 5) is 10.1. The van der Waals surface area contributed by atoms with Gasteiger partial charge >= 0.3 is 0 Å². The second-order valence-electron chi connectivity index (χ2n) is 7.90. The fraction of sp³-hybridized carbons (Fsp3) is 0.280. The molecule has 4 aromatic rings. The Morgan fingerprint density at radius 2 is 1.91 bits per heavy atom. The molecule has 2 aromatic heterocycles. The van der Waals surface area contributed by atoms with Crippen LogP contribution in [0.3, 0.4) is 0 Å². The Labute approximate surface area is 196 Å². The number of hydrogen-bond donors (Lipinski definition) is 3. The van der Waals surface area contributed by atoms with Crippen molar-refractivity contribution in [2.75, 3.05) is 31.7 Å². The first-order chi connectivity index (χ1) is 16.2. The highest BCUT2D eigenvalue weighted by molar-refractivity contribution is 7.10. The van der Waals surface area contributed by atoms with Gasteiger partial charge in [-0.15, -0.1) is 11.3 Å². The first-order valence-corrected chi connectivity index (χ1v) is 11.9. The largest absolute Gasteiger partial charge is 0.486 e. The minimum absolute atomic E-state index is 0.0646. The van der Waals surface area contributed by atoms with Crippen LogP contribution in [0.15, 0.2) is 54.2 Å². The fourth-order valence-electron chi connectivity index (χ4n) is 3.96. The quantitative estimate of drug-likeness (QED) is 0.335. The standard InChI is InChI=1S/C25H26N4O3S/c1-16(24-10-18(14-33-24)19-5-3-2-4-17(19)13-26-6-7-30)29-25-20-11-22-23(32-9-8-31-22)12-21(20)27-15-28-25/h2-5,10-12,14-16,26,30H,6-9,13H2,1H3,(H,27,28,29). The molecular weight excluding hydrogens is 436 g/mol. The highest BCUT2D eigenvalue weighted by atomic mass is 32.1. The molecule has 3 N–H and O–H groups in total. The van der Waals surface area contributed by atoms with Gasteiger partial charge in [0.05, 0.1) is 18.2 Å². The van der Waals surface area contributed by atoms with Crippen molar-refractivity contribution >= 4 is 28.1 Å². The summed E-state index contributed by atoms with van der Waals surface area (Å²) in [7, 11) is 0. The molecule has 5 rings (SSSR count). The summed E-state index contributed by atoms with van der Waals surface area (Å²) < 4.78 is 11.4. The summed E-state index contributed by atoms with van der Waals surface area (Å²) in [5, 5.41) is 19.0. The zero-order chi connectivity index (χ0) is 22.6. The van der Waals surface area contributed by atoms with Crippen LogP contribution in [0, 0.1) is 0 Å². The van der Waals surface area contributed by atoms with E-state index in [1.165, 1.54) is 21.6 Å². The number of fused-ring (bicyclic) bond motifs is 2. The summed E-state index contributed by atoms with van der Waals surface area (Å²) in [6.45, 7) is 4.66. The Hall–Kier alpha value is -3.20. The molecule has 0 saturated heterocycles. The predicted octanol–water partition coefficient (Wildman–Crippen LogP) is 4.38. The van der Waals surface area contributed by atoms with E-state index in [4.69, 9.17) is 14.6 Å². The molecule has 1 aliphatic rings. The van der Waals surface area contributed by atoms with E-state index in [1.807, 2.05) is 18.2 Å². The lowest BCUT2D eigenvalue weighted by Crippen LogP contribution is -2.17. The zero-order valence-corrected chi connectivity index (χ0v) is 19.2. The molecule has 1 aliphatic heterocycles. The number of nitrogens with zero attached hydrogens (tertiary/aromatic N) is 2. The molecular formula is C25H26N4O3S. The number of thiophene rings is 1. The van der Waals surface area contributed by atoms with Crippen LogP contribution in [0.2, 0.25) is 0 Å². The third kappa shape index (κ3) is 4.64. The monoisotopic (exact) mass is 462 g/mol. The van der Waals surface area contributed by atoms with E-state index in [2.05, 4.69) is 57.2 Å². The van der Waals surface area contributed by atoms with Crippen LogP contribution in [0.5, 0.6) is 11.5 Å². The SMILES string of the molecule is CC(Nc1ncnc2cc3c(cc12)OCCO3)c1cc(-c2ccccc2CNCCO)cs1. The van der Waals surface area contributed by atoms with Gasteiger partial charge in [-0.3, -0.25) is 0 Å². The molecule has 0 amide bonds. The van der Waals surface area contributed by atoms with Crippen LogP contribution in [-0.4, -0.2) is 41.4 Å². The molecule has 0 saturated carbocycles. The number of anilines is 1. The van der Waals surface area contributed by atoms with Gasteiger partial charge in [-0.05, 0) is 41.1 Å². The lowest BCUT2D eigenvalue weighted by Gasteiger charge is -2.20. The first kappa shape index (κ1) is 21.6. The number of nitrogens with one attached hydrogen (secondary N) is 2. The van der Waals surface area contributed by atoms with Crippen LogP contribution < -0.4 is 20.1 Å². The number of hydrogen-bond acceptors (Lipinski definition) is 8. The second kappa shape index (κ2) is 9.74. The average Bonchev–Trinajstić information content (AvgIpc) is 3.34. The number of aliphatic hydroxyl groups is 1. The van der Waals surface area contributed by atoms with Crippen molar-refractivity contribution in [3.63, 3.8) is 0 Å². The maximum atomic E-state index is 9.05. The van der Waals surface area contributed by atoms with Crippen molar-refractivity contribution < 1.29 is 14.6 Å². The maximum Gasteiger partial charge on any atom is 0.163 e. The Morgan fingerprint density at radius 1 is 1.09 bits per heavy atom. The minimum Gasteiger partial charge on any atom is -0.486 e.